The molecule has 4 heteroatoms. The summed E-state index contributed by atoms with van der Waals surface area (Å²) in [5.41, 5.74) is 8.81. The van der Waals surface area contributed by atoms with Crippen LogP contribution in [0.2, 0.25) is 0 Å². The zero-order valence-electron chi connectivity index (χ0n) is 12.1. The van der Waals surface area contributed by atoms with Gasteiger partial charge in [0.15, 0.2) is 11.5 Å². The number of benzene rings is 2. The van der Waals surface area contributed by atoms with Crippen LogP contribution in [-0.4, -0.2) is 21.3 Å². The Kier molecular flexibility index (Phi) is 4.35. The van der Waals surface area contributed by atoms with Crippen molar-refractivity contribution in [3.05, 3.63) is 48.0 Å². The highest BCUT2D eigenvalue weighted by molar-refractivity contribution is 5.56. The Morgan fingerprint density at radius 3 is 2.40 bits per heavy atom. The maximum atomic E-state index is 5.80. The molecule has 0 saturated carbocycles. The molecule has 0 aliphatic heterocycles. The zero-order valence-corrected chi connectivity index (χ0v) is 12.1. The quantitative estimate of drug-likeness (QED) is 0.850. The molecule has 2 rings (SSSR count). The van der Waals surface area contributed by atoms with E-state index in [9.17, 15) is 0 Å². The predicted molar refractivity (Wildman–Crippen MR) is 82.5 cm³/mol. The van der Waals surface area contributed by atoms with Crippen molar-refractivity contribution >= 4 is 11.4 Å². The molecule has 4 nitrogen and oxygen atoms in total. The lowest BCUT2D eigenvalue weighted by atomic mass is 10.2. The van der Waals surface area contributed by atoms with Crippen molar-refractivity contribution in [1.82, 2.24) is 0 Å². The Bertz CT molecular complexity index is 584. The molecule has 0 heterocycles. The largest absolute Gasteiger partial charge is 0.493 e. The third kappa shape index (κ3) is 3.15. The molecule has 2 N–H and O–H groups in total. The highest BCUT2D eigenvalue weighted by Gasteiger charge is 2.08. The van der Waals surface area contributed by atoms with Crippen molar-refractivity contribution in [1.29, 1.82) is 0 Å². The van der Waals surface area contributed by atoms with E-state index in [-0.39, 0.29) is 0 Å². The Hall–Kier alpha value is -2.36. The Balaban J connectivity index is 2.18. The van der Waals surface area contributed by atoms with Gasteiger partial charge in [-0.25, -0.2) is 0 Å². The normalized spacial score (nSPS) is 10.2. The minimum atomic E-state index is 0.726. The number of rotatable bonds is 5. The predicted octanol–water partition coefficient (Wildman–Crippen LogP) is 2.92. The standard InChI is InChI=1S/C16H20N2O2/c1-18(11-12-5-4-6-13(17)9-12)14-7-8-15(19-2)16(10-14)20-3/h4-10H,11,17H2,1-3H3. The summed E-state index contributed by atoms with van der Waals surface area (Å²) in [5.74, 6) is 1.46. The summed E-state index contributed by atoms with van der Waals surface area (Å²) in [6, 6.07) is 13.8. The molecule has 106 valence electrons. The van der Waals surface area contributed by atoms with E-state index in [0.717, 1.165) is 29.4 Å². The fraction of sp³-hybridized carbons (Fsp3) is 0.250. The van der Waals surface area contributed by atoms with Gasteiger partial charge in [-0.05, 0) is 29.8 Å². The highest BCUT2D eigenvalue weighted by atomic mass is 16.5. The summed E-state index contributed by atoms with van der Waals surface area (Å²) in [7, 11) is 5.30. The van der Waals surface area contributed by atoms with Crippen LogP contribution < -0.4 is 20.1 Å². The first-order valence-corrected chi connectivity index (χ1v) is 6.41. The number of nitrogens with two attached hydrogens (primary N) is 1. The van der Waals surface area contributed by atoms with Crippen molar-refractivity contribution in [3.63, 3.8) is 0 Å². The summed E-state index contributed by atoms with van der Waals surface area (Å²) in [6.45, 7) is 0.778. The van der Waals surface area contributed by atoms with Gasteiger partial charge in [-0.15, -0.1) is 0 Å². The number of methoxy groups -OCH3 is 2. The second kappa shape index (κ2) is 6.19. The van der Waals surface area contributed by atoms with Crippen LogP contribution in [0.3, 0.4) is 0 Å². The summed E-state index contributed by atoms with van der Waals surface area (Å²) < 4.78 is 10.6. The molecule has 0 fully saturated rings. The van der Waals surface area contributed by atoms with Crippen LogP contribution in [0.4, 0.5) is 11.4 Å². The number of ether oxygens (including phenoxy) is 2. The van der Waals surface area contributed by atoms with Gasteiger partial charge < -0.3 is 20.1 Å². The van der Waals surface area contributed by atoms with E-state index in [2.05, 4.69) is 11.0 Å². The molecule has 0 radical (unpaired) electrons. The van der Waals surface area contributed by atoms with E-state index in [1.54, 1.807) is 14.2 Å². The van der Waals surface area contributed by atoms with E-state index in [4.69, 9.17) is 15.2 Å². The number of anilines is 2. The van der Waals surface area contributed by atoms with Gasteiger partial charge in [-0.2, -0.15) is 0 Å². The van der Waals surface area contributed by atoms with Crippen LogP contribution in [0.25, 0.3) is 0 Å². The molecule has 0 aliphatic rings. The van der Waals surface area contributed by atoms with Crippen LogP contribution in [0, 0.1) is 0 Å². The van der Waals surface area contributed by atoms with Gasteiger partial charge in [0, 0.05) is 31.0 Å². The molecule has 0 amide bonds. The lowest BCUT2D eigenvalue weighted by Crippen LogP contribution is -2.16. The van der Waals surface area contributed by atoms with Crippen molar-refractivity contribution in [2.45, 2.75) is 6.54 Å². The van der Waals surface area contributed by atoms with Crippen LogP contribution in [0.5, 0.6) is 11.5 Å². The van der Waals surface area contributed by atoms with Gasteiger partial charge in [0.2, 0.25) is 0 Å². The number of hydrogen-bond acceptors (Lipinski definition) is 4. The fourth-order valence-electron chi connectivity index (χ4n) is 2.12. The Morgan fingerprint density at radius 1 is 1.00 bits per heavy atom. The van der Waals surface area contributed by atoms with Crippen LogP contribution in [0.15, 0.2) is 42.5 Å². The minimum Gasteiger partial charge on any atom is -0.493 e. The zero-order chi connectivity index (χ0) is 14.5. The molecule has 0 spiro atoms. The second-order valence-electron chi connectivity index (χ2n) is 4.64. The van der Waals surface area contributed by atoms with Crippen molar-refractivity contribution in [2.75, 3.05) is 31.9 Å². The van der Waals surface area contributed by atoms with E-state index in [0.29, 0.717) is 0 Å². The van der Waals surface area contributed by atoms with Crippen molar-refractivity contribution in [3.8, 4) is 11.5 Å². The Labute approximate surface area is 119 Å². The highest BCUT2D eigenvalue weighted by Crippen LogP contribution is 2.31. The maximum Gasteiger partial charge on any atom is 0.162 e. The number of nitrogens with zero attached hydrogens (tertiary/aromatic N) is 1. The second-order valence-corrected chi connectivity index (χ2v) is 4.64. The van der Waals surface area contributed by atoms with Gasteiger partial charge in [0.1, 0.15) is 0 Å². The molecule has 2 aromatic rings. The molecule has 0 aromatic heterocycles. The lowest BCUT2D eigenvalue weighted by molar-refractivity contribution is 0.355. The van der Waals surface area contributed by atoms with Crippen LogP contribution in [0.1, 0.15) is 5.56 Å². The lowest BCUT2D eigenvalue weighted by Gasteiger charge is -2.21. The third-order valence-electron chi connectivity index (χ3n) is 3.18. The third-order valence-corrected chi connectivity index (χ3v) is 3.18. The smallest absolute Gasteiger partial charge is 0.162 e. The van der Waals surface area contributed by atoms with Crippen molar-refractivity contribution < 1.29 is 9.47 Å². The number of hydrogen-bond donors (Lipinski definition) is 1. The van der Waals surface area contributed by atoms with E-state index >= 15 is 0 Å². The monoisotopic (exact) mass is 272 g/mol. The molecule has 0 bridgehead atoms. The molecule has 0 saturated heterocycles. The van der Waals surface area contributed by atoms with E-state index in [1.807, 2.05) is 43.4 Å². The minimum absolute atomic E-state index is 0.726. The first-order chi connectivity index (χ1) is 9.63. The average molecular weight is 272 g/mol. The van der Waals surface area contributed by atoms with Gasteiger partial charge >= 0.3 is 0 Å². The SMILES string of the molecule is COc1ccc(N(C)Cc2cccc(N)c2)cc1OC. The van der Waals surface area contributed by atoms with Crippen LogP contribution >= 0.6 is 0 Å². The fourth-order valence-corrected chi connectivity index (χ4v) is 2.12. The van der Waals surface area contributed by atoms with Crippen molar-refractivity contribution in [2.24, 2.45) is 0 Å². The molecular weight excluding hydrogens is 252 g/mol. The topological polar surface area (TPSA) is 47.7 Å². The summed E-state index contributed by atoms with van der Waals surface area (Å²) in [4.78, 5) is 2.14. The summed E-state index contributed by atoms with van der Waals surface area (Å²) in [5, 5.41) is 0. The van der Waals surface area contributed by atoms with Crippen LogP contribution in [-0.2, 0) is 6.54 Å². The first-order valence-electron chi connectivity index (χ1n) is 6.41. The van der Waals surface area contributed by atoms with Gasteiger partial charge in [0.25, 0.3) is 0 Å². The van der Waals surface area contributed by atoms with Gasteiger partial charge in [-0.1, -0.05) is 12.1 Å². The maximum absolute atomic E-state index is 5.80. The average Bonchev–Trinajstić information content (AvgIpc) is 2.46. The molecule has 2 aromatic carbocycles. The molecule has 0 atom stereocenters. The molecule has 0 aliphatic carbocycles. The summed E-state index contributed by atoms with van der Waals surface area (Å²) >= 11 is 0. The summed E-state index contributed by atoms with van der Waals surface area (Å²) in [6.07, 6.45) is 0. The molecule has 20 heavy (non-hydrogen) atoms. The van der Waals surface area contributed by atoms with Gasteiger partial charge in [-0.3, -0.25) is 0 Å². The Morgan fingerprint density at radius 2 is 1.75 bits per heavy atom. The first kappa shape index (κ1) is 14.1. The van der Waals surface area contributed by atoms with Gasteiger partial charge in [0.05, 0.1) is 14.2 Å². The number of nitrogen functional groups attached to an aromatic ring is 1. The van der Waals surface area contributed by atoms with E-state index in [1.165, 1.54) is 5.56 Å². The molecule has 0 unspecified atom stereocenters. The molecular formula is C16H20N2O2. The van der Waals surface area contributed by atoms with E-state index < -0.39 is 0 Å².